The van der Waals surface area contributed by atoms with Crippen molar-refractivity contribution in [2.45, 2.75) is 83.1 Å². The monoisotopic (exact) mass is 589 g/mol. The lowest BCUT2D eigenvalue weighted by Gasteiger charge is -2.46. The lowest BCUT2D eigenvalue weighted by molar-refractivity contribution is -0.120. The predicted molar refractivity (Wildman–Crippen MR) is 172 cm³/mol. The molecule has 0 saturated carbocycles. The molecule has 2 fully saturated rings. The van der Waals surface area contributed by atoms with Crippen molar-refractivity contribution in [2.75, 3.05) is 4.90 Å². The number of anilines is 1. The molecule has 0 radical (unpaired) electrons. The average molecular weight is 590 g/mol. The van der Waals surface area contributed by atoms with Crippen LogP contribution in [0.1, 0.15) is 79.3 Å². The van der Waals surface area contributed by atoms with E-state index in [1.165, 1.54) is 4.90 Å². The number of hydrogen-bond donors (Lipinski definition) is 3. The van der Waals surface area contributed by atoms with Crippen molar-refractivity contribution in [1.29, 1.82) is 0 Å². The number of piperidine rings is 1. The molecule has 3 N–H and O–H groups in total. The van der Waals surface area contributed by atoms with E-state index in [-0.39, 0.29) is 35.0 Å². The topological polar surface area (TPSA) is 97.5 Å². The van der Waals surface area contributed by atoms with Gasteiger partial charge in [0.2, 0.25) is 0 Å². The summed E-state index contributed by atoms with van der Waals surface area (Å²) in [4.78, 5) is 48.0. The number of para-hydroxylation sites is 1. The molecule has 8 nitrogen and oxygen atoms in total. The number of carbonyl (C=O) groups excluding carboxylic acids is 3. The Morgan fingerprint density at radius 3 is 2.23 bits per heavy atom. The summed E-state index contributed by atoms with van der Waals surface area (Å²) in [6.07, 6.45) is 2.09. The van der Waals surface area contributed by atoms with Crippen LogP contribution in [0.3, 0.4) is 0 Å². The van der Waals surface area contributed by atoms with Gasteiger partial charge in [-0.25, -0.2) is 9.69 Å². The molecule has 44 heavy (non-hydrogen) atoms. The Labute approximate surface area is 257 Å². The summed E-state index contributed by atoms with van der Waals surface area (Å²) < 4.78 is 0. The molecule has 2 saturated heterocycles. The zero-order valence-corrected chi connectivity index (χ0v) is 25.9. The number of hydrogen-bond acceptors (Lipinski definition) is 4. The first-order valence-corrected chi connectivity index (χ1v) is 15.4. The number of amides is 4. The zero-order valence-electron chi connectivity index (χ0n) is 25.9. The third kappa shape index (κ3) is 4.78. The van der Waals surface area contributed by atoms with Gasteiger partial charge >= 0.3 is 6.03 Å². The molecule has 226 valence electrons. The van der Waals surface area contributed by atoms with E-state index in [9.17, 15) is 14.4 Å². The van der Waals surface area contributed by atoms with Crippen LogP contribution in [0.4, 0.5) is 10.5 Å². The lowest BCUT2D eigenvalue weighted by atomic mass is 9.79. The normalized spacial score (nSPS) is 22.7. The number of imide groups is 1. The Bertz CT molecular complexity index is 1770. The van der Waals surface area contributed by atoms with Crippen LogP contribution in [0.15, 0.2) is 72.8 Å². The van der Waals surface area contributed by atoms with E-state index < -0.39 is 12.1 Å². The number of H-pyrrole nitrogens is 1. The molecule has 8 heteroatoms. The van der Waals surface area contributed by atoms with Crippen LogP contribution in [0.5, 0.6) is 0 Å². The molecule has 7 rings (SSSR count). The van der Waals surface area contributed by atoms with Crippen molar-refractivity contribution in [2.24, 2.45) is 0 Å². The van der Waals surface area contributed by atoms with E-state index in [1.807, 2.05) is 49.4 Å². The summed E-state index contributed by atoms with van der Waals surface area (Å²) in [5.74, 6) is -0.407. The summed E-state index contributed by atoms with van der Waals surface area (Å²) >= 11 is 0. The highest BCUT2D eigenvalue weighted by Gasteiger charge is 2.53. The molecule has 0 bridgehead atoms. The van der Waals surface area contributed by atoms with Crippen LogP contribution in [0.2, 0.25) is 0 Å². The number of carbonyl (C=O) groups is 3. The maximum Gasteiger partial charge on any atom is 0.332 e. The Balaban J connectivity index is 1.18. The van der Waals surface area contributed by atoms with Gasteiger partial charge in [-0.2, -0.15) is 0 Å². The highest BCUT2D eigenvalue weighted by molar-refractivity contribution is 6.22. The second kappa shape index (κ2) is 10.1. The van der Waals surface area contributed by atoms with Crippen LogP contribution in [-0.2, 0) is 11.2 Å². The minimum Gasteiger partial charge on any atom is -0.356 e. The van der Waals surface area contributed by atoms with Crippen molar-refractivity contribution in [1.82, 2.24) is 20.5 Å². The molecule has 0 spiro atoms. The Hall–Kier alpha value is -4.43. The molecule has 4 heterocycles. The van der Waals surface area contributed by atoms with Crippen LogP contribution in [0.25, 0.3) is 10.9 Å². The maximum atomic E-state index is 14.2. The molecule has 3 aliphatic heterocycles. The molecule has 2 atom stereocenters. The van der Waals surface area contributed by atoms with Gasteiger partial charge in [0.15, 0.2) is 0 Å². The van der Waals surface area contributed by atoms with Gasteiger partial charge in [-0.3, -0.25) is 14.5 Å². The first-order chi connectivity index (χ1) is 20.9. The van der Waals surface area contributed by atoms with Crippen molar-refractivity contribution in [3.05, 3.63) is 101 Å². The summed E-state index contributed by atoms with van der Waals surface area (Å²) in [6.45, 7) is 10.7. The standard InChI is InChI=1S/C36H39N5O3/c1-21-10-12-22(13-11-21)31-30-27(26-8-6-7-9-28(26)38-30)18-29-33(43)40(34(44)41(29)31)25-16-14-23(15-17-25)32(42)37-24-19-35(2,3)39-36(4,5)20-24/h6-17,24,29,31,38-39H,18-20H2,1-5H3,(H,37,42)/t29-,31+/m0/s1. The molecule has 3 aliphatic rings. The molecule has 0 aliphatic carbocycles. The van der Waals surface area contributed by atoms with Gasteiger partial charge in [0, 0.05) is 45.7 Å². The lowest BCUT2D eigenvalue weighted by Crippen LogP contribution is -2.62. The Kier molecular flexibility index (Phi) is 6.48. The molecular weight excluding hydrogens is 550 g/mol. The smallest absolute Gasteiger partial charge is 0.332 e. The van der Waals surface area contributed by atoms with Crippen molar-refractivity contribution < 1.29 is 14.4 Å². The molecule has 0 unspecified atom stereocenters. The van der Waals surface area contributed by atoms with Crippen LogP contribution >= 0.6 is 0 Å². The third-order valence-electron chi connectivity index (χ3n) is 9.36. The Morgan fingerprint density at radius 2 is 1.55 bits per heavy atom. The number of rotatable bonds is 4. The largest absolute Gasteiger partial charge is 0.356 e. The average Bonchev–Trinajstić information content (AvgIpc) is 3.45. The van der Waals surface area contributed by atoms with Crippen molar-refractivity contribution in [3.8, 4) is 0 Å². The van der Waals surface area contributed by atoms with Gasteiger partial charge in [0.05, 0.1) is 5.69 Å². The number of nitrogens with zero attached hydrogens (tertiary/aromatic N) is 2. The van der Waals surface area contributed by atoms with Crippen molar-refractivity contribution in [3.63, 3.8) is 0 Å². The minimum atomic E-state index is -0.630. The molecular formula is C36H39N5O3. The predicted octanol–water partition coefficient (Wildman–Crippen LogP) is 6.00. The first-order valence-electron chi connectivity index (χ1n) is 15.4. The zero-order chi connectivity index (χ0) is 31.0. The highest BCUT2D eigenvalue weighted by atomic mass is 16.2. The fourth-order valence-electron chi connectivity index (χ4n) is 7.86. The van der Waals surface area contributed by atoms with Gasteiger partial charge in [-0.1, -0.05) is 48.0 Å². The van der Waals surface area contributed by atoms with E-state index in [0.717, 1.165) is 46.1 Å². The van der Waals surface area contributed by atoms with E-state index in [2.05, 4.69) is 49.4 Å². The summed E-state index contributed by atoms with van der Waals surface area (Å²) in [6, 6.07) is 21.7. The Morgan fingerprint density at radius 1 is 0.886 bits per heavy atom. The van der Waals surface area contributed by atoms with Gasteiger partial charge in [-0.05, 0) is 88.9 Å². The first kappa shape index (κ1) is 28.3. The number of aryl methyl sites for hydroxylation is 1. The second-order valence-electron chi connectivity index (χ2n) is 14.0. The summed E-state index contributed by atoms with van der Waals surface area (Å²) in [5.41, 5.74) is 5.89. The maximum absolute atomic E-state index is 14.2. The minimum absolute atomic E-state index is 0.0398. The van der Waals surface area contributed by atoms with Gasteiger partial charge in [0.1, 0.15) is 12.1 Å². The molecule has 4 aromatic rings. The van der Waals surface area contributed by atoms with E-state index >= 15 is 0 Å². The number of fused-ring (bicyclic) bond motifs is 4. The summed E-state index contributed by atoms with van der Waals surface area (Å²) in [7, 11) is 0. The van der Waals surface area contributed by atoms with Gasteiger partial charge in [0.25, 0.3) is 11.8 Å². The highest BCUT2D eigenvalue weighted by Crippen LogP contribution is 2.45. The molecule has 1 aromatic heterocycles. The van der Waals surface area contributed by atoms with E-state index in [1.54, 1.807) is 29.2 Å². The van der Waals surface area contributed by atoms with E-state index in [0.29, 0.717) is 17.7 Å². The number of aromatic nitrogens is 1. The fraction of sp³-hybridized carbons (Fsp3) is 0.361. The summed E-state index contributed by atoms with van der Waals surface area (Å²) in [5, 5.41) is 7.93. The van der Waals surface area contributed by atoms with E-state index in [4.69, 9.17) is 0 Å². The number of aromatic amines is 1. The fourth-order valence-corrected chi connectivity index (χ4v) is 7.86. The van der Waals surface area contributed by atoms with Crippen LogP contribution < -0.4 is 15.5 Å². The molecule has 4 amide bonds. The van der Waals surface area contributed by atoms with Crippen molar-refractivity contribution >= 4 is 34.4 Å². The van der Waals surface area contributed by atoms with Crippen LogP contribution in [0, 0.1) is 6.92 Å². The third-order valence-corrected chi connectivity index (χ3v) is 9.36. The van der Waals surface area contributed by atoms with Crippen LogP contribution in [-0.4, -0.2) is 50.9 Å². The van der Waals surface area contributed by atoms with Gasteiger partial charge < -0.3 is 15.6 Å². The molecule has 3 aromatic carbocycles. The van der Waals surface area contributed by atoms with Gasteiger partial charge in [-0.15, -0.1) is 0 Å². The quantitative estimate of drug-likeness (QED) is 0.255. The second-order valence-corrected chi connectivity index (χ2v) is 14.0. The number of benzene rings is 3. The number of urea groups is 1. The SMILES string of the molecule is Cc1ccc([C@@H]2c3[nH]c4ccccc4c3C[C@H]3C(=O)N(c4ccc(C(=O)NC5CC(C)(C)NC(C)(C)C5)cc4)C(=O)N23)cc1. The number of nitrogens with one attached hydrogen (secondary N) is 3.